The molecule has 1 aliphatic rings. The Morgan fingerprint density at radius 1 is 1.21 bits per heavy atom. The minimum absolute atomic E-state index is 0.0186. The SMILES string of the molecule is CC(C)(C(=O)CCCO)c1cccn2c(C3(c4ccc(Cl)cc4)CCC3)nnc12. The second-order valence-electron chi connectivity index (χ2n) is 8.46. The number of rotatable bonds is 7. The van der Waals surface area contributed by atoms with Crippen LogP contribution in [0, 0.1) is 0 Å². The van der Waals surface area contributed by atoms with Crippen molar-refractivity contribution in [3.8, 4) is 0 Å². The molecule has 2 heterocycles. The van der Waals surface area contributed by atoms with Gasteiger partial charge in [0.2, 0.25) is 0 Å². The summed E-state index contributed by atoms with van der Waals surface area (Å²) in [6.07, 6.45) is 5.97. The molecule has 0 radical (unpaired) electrons. The number of aliphatic hydroxyl groups is 1. The van der Waals surface area contributed by atoms with E-state index < -0.39 is 5.41 Å². The maximum atomic E-state index is 12.8. The van der Waals surface area contributed by atoms with Gasteiger partial charge in [0.15, 0.2) is 5.65 Å². The summed E-state index contributed by atoms with van der Waals surface area (Å²) in [5.41, 5.74) is 1.92. The molecule has 0 atom stereocenters. The van der Waals surface area contributed by atoms with Gasteiger partial charge >= 0.3 is 0 Å². The number of hydrogen-bond donors (Lipinski definition) is 1. The number of pyridine rings is 1. The number of carbonyl (C=O) groups is 1. The van der Waals surface area contributed by atoms with E-state index in [0.717, 1.165) is 41.3 Å². The summed E-state index contributed by atoms with van der Waals surface area (Å²) >= 11 is 6.10. The first kappa shape index (κ1) is 20.0. The van der Waals surface area contributed by atoms with Gasteiger partial charge in [0.1, 0.15) is 11.6 Å². The lowest BCUT2D eigenvalue weighted by atomic mass is 9.64. The van der Waals surface area contributed by atoms with E-state index in [0.29, 0.717) is 12.8 Å². The number of nitrogens with zero attached hydrogens (tertiary/aromatic N) is 3. The second-order valence-corrected chi connectivity index (χ2v) is 8.89. The van der Waals surface area contributed by atoms with Gasteiger partial charge in [-0.2, -0.15) is 0 Å². The van der Waals surface area contributed by atoms with Crippen molar-refractivity contribution in [3.05, 3.63) is 64.6 Å². The van der Waals surface area contributed by atoms with Gasteiger partial charge in [0.25, 0.3) is 0 Å². The van der Waals surface area contributed by atoms with Crippen molar-refractivity contribution in [2.24, 2.45) is 0 Å². The fourth-order valence-electron chi connectivity index (χ4n) is 4.37. The minimum Gasteiger partial charge on any atom is -0.396 e. The van der Waals surface area contributed by atoms with Gasteiger partial charge in [-0.1, -0.05) is 36.2 Å². The second kappa shape index (κ2) is 7.54. The molecule has 0 amide bonds. The molecule has 0 unspecified atom stereocenters. The number of hydrogen-bond acceptors (Lipinski definition) is 4. The Morgan fingerprint density at radius 3 is 2.55 bits per heavy atom. The molecule has 1 saturated carbocycles. The largest absolute Gasteiger partial charge is 0.396 e. The van der Waals surface area contributed by atoms with E-state index in [9.17, 15) is 4.79 Å². The smallest absolute Gasteiger partial charge is 0.165 e. The summed E-state index contributed by atoms with van der Waals surface area (Å²) in [4.78, 5) is 12.8. The van der Waals surface area contributed by atoms with E-state index >= 15 is 0 Å². The molecule has 5 nitrogen and oxygen atoms in total. The third-order valence-corrected chi connectivity index (χ3v) is 6.65. The van der Waals surface area contributed by atoms with Crippen LogP contribution in [0.3, 0.4) is 0 Å². The highest BCUT2D eigenvalue weighted by Gasteiger charge is 2.44. The maximum Gasteiger partial charge on any atom is 0.165 e. The highest BCUT2D eigenvalue weighted by Crippen LogP contribution is 2.48. The van der Waals surface area contributed by atoms with E-state index in [1.165, 1.54) is 5.56 Å². The number of halogens is 1. The molecule has 1 aromatic carbocycles. The molecule has 0 aliphatic heterocycles. The lowest BCUT2D eigenvalue weighted by Gasteiger charge is -2.41. The van der Waals surface area contributed by atoms with E-state index in [4.69, 9.17) is 16.7 Å². The molecule has 1 fully saturated rings. The lowest BCUT2D eigenvalue weighted by Crippen LogP contribution is -2.37. The first-order valence-electron chi connectivity index (χ1n) is 10.1. The Hall–Kier alpha value is -2.24. The first-order chi connectivity index (χ1) is 13.9. The number of fused-ring (bicyclic) bond motifs is 1. The highest BCUT2D eigenvalue weighted by atomic mass is 35.5. The number of carbonyl (C=O) groups excluding carboxylic acids is 1. The van der Waals surface area contributed by atoms with Gasteiger partial charge in [-0.3, -0.25) is 9.20 Å². The highest BCUT2D eigenvalue weighted by molar-refractivity contribution is 6.30. The quantitative estimate of drug-likeness (QED) is 0.622. The fourth-order valence-corrected chi connectivity index (χ4v) is 4.50. The van der Waals surface area contributed by atoms with Crippen LogP contribution in [0.5, 0.6) is 0 Å². The molecule has 6 heteroatoms. The Labute approximate surface area is 175 Å². The van der Waals surface area contributed by atoms with Crippen molar-refractivity contribution in [2.75, 3.05) is 6.61 Å². The van der Waals surface area contributed by atoms with Crippen molar-refractivity contribution < 1.29 is 9.90 Å². The van der Waals surface area contributed by atoms with Gasteiger partial charge in [-0.15, -0.1) is 10.2 Å². The average Bonchev–Trinajstić information content (AvgIpc) is 3.11. The Bertz CT molecular complexity index is 1040. The average molecular weight is 412 g/mol. The third-order valence-electron chi connectivity index (χ3n) is 6.40. The summed E-state index contributed by atoms with van der Waals surface area (Å²) < 4.78 is 2.05. The topological polar surface area (TPSA) is 67.5 Å². The van der Waals surface area contributed by atoms with Gasteiger partial charge in [-0.25, -0.2) is 0 Å². The number of aromatic nitrogens is 3. The normalized spacial score (nSPS) is 16.0. The van der Waals surface area contributed by atoms with Crippen molar-refractivity contribution >= 4 is 23.0 Å². The molecule has 4 rings (SSSR count). The zero-order chi connectivity index (χ0) is 20.6. The molecule has 3 aromatic rings. The summed E-state index contributed by atoms with van der Waals surface area (Å²) in [7, 11) is 0. The molecule has 1 N–H and O–H groups in total. The van der Waals surface area contributed by atoms with Crippen molar-refractivity contribution in [1.29, 1.82) is 0 Å². The van der Waals surface area contributed by atoms with E-state index in [1.54, 1.807) is 0 Å². The van der Waals surface area contributed by atoms with Crippen LogP contribution in [0.4, 0.5) is 0 Å². The molecular weight excluding hydrogens is 386 g/mol. The van der Waals surface area contributed by atoms with Gasteiger partial charge in [0, 0.05) is 29.8 Å². The van der Waals surface area contributed by atoms with Crippen LogP contribution in [0.1, 0.15) is 62.9 Å². The van der Waals surface area contributed by atoms with Crippen LogP contribution in [0.2, 0.25) is 5.02 Å². The molecule has 29 heavy (non-hydrogen) atoms. The minimum atomic E-state index is -0.699. The van der Waals surface area contributed by atoms with E-state index in [1.807, 2.05) is 48.7 Å². The van der Waals surface area contributed by atoms with Gasteiger partial charge in [-0.05, 0) is 56.9 Å². The number of aliphatic hydroxyl groups excluding tert-OH is 1. The van der Waals surface area contributed by atoms with Gasteiger partial charge in [0.05, 0.1) is 10.8 Å². The van der Waals surface area contributed by atoms with Crippen molar-refractivity contribution in [2.45, 2.75) is 56.8 Å². The van der Waals surface area contributed by atoms with Crippen LogP contribution < -0.4 is 0 Å². The molecule has 2 aromatic heterocycles. The predicted octanol–water partition coefficient (Wildman–Crippen LogP) is 4.47. The molecule has 0 bridgehead atoms. The predicted molar refractivity (Wildman–Crippen MR) is 113 cm³/mol. The van der Waals surface area contributed by atoms with Gasteiger partial charge < -0.3 is 5.11 Å². The van der Waals surface area contributed by atoms with Crippen LogP contribution >= 0.6 is 11.6 Å². The molecule has 152 valence electrons. The molecule has 0 saturated heterocycles. The standard InChI is InChI=1S/C23H26ClN3O2/c1-22(2,19(29)7-4-15-28)18-6-3-14-27-20(18)25-26-21(27)23(12-5-13-23)16-8-10-17(24)11-9-16/h3,6,8-11,14,28H,4-5,7,12-13,15H2,1-2H3. The summed E-state index contributed by atoms with van der Waals surface area (Å²) in [5, 5.41) is 18.9. The monoisotopic (exact) mass is 411 g/mol. The van der Waals surface area contributed by atoms with Crippen LogP contribution in [-0.2, 0) is 15.6 Å². The zero-order valence-corrected chi connectivity index (χ0v) is 17.6. The first-order valence-corrected chi connectivity index (χ1v) is 10.5. The Morgan fingerprint density at radius 2 is 1.93 bits per heavy atom. The number of Topliss-reactive ketones (excluding diaryl/α,β-unsaturated/α-hetero) is 1. The number of ketones is 1. The molecule has 1 aliphatic carbocycles. The van der Waals surface area contributed by atoms with Crippen molar-refractivity contribution in [1.82, 2.24) is 14.6 Å². The third kappa shape index (κ3) is 3.26. The summed E-state index contributed by atoms with van der Waals surface area (Å²) in [5.74, 6) is 1.02. The van der Waals surface area contributed by atoms with E-state index in [-0.39, 0.29) is 17.8 Å². The fraction of sp³-hybridized carbons (Fsp3) is 0.435. The molecular formula is C23H26ClN3O2. The lowest BCUT2D eigenvalue weighted by molar-refractivity contribution is -0.123. The van der Waals surface area contributed by atoms with Crippen LogP contribution in [0.25, 0.3) is 5.65 Å². The van der Waals surface area contributed by atoms with Crippen LogP contribution in [0.15, 0.2) is 42.6 Å². The maximum absolute atomic E-state index is 12.8. The summed E-state index contributed by atoms with van der Waals surface area (Å²) in [6.45, 7) is 3.87. The van der Waals surface area contributed by atoms with Crippen LogP contribution in [-0.4, -0.2) is 32.1 Å². The zero-order valence-electron chi connectivity index (χ0n) is 16.9. The Balaban J connectivity index is 1.80. The Kier molecular flexibility index (Phi) is 5.21. The number of benzene rings is 1. The van der Waals surface area contributed by atoms with Crippen molar-refractivity contribution in [3.63, 3.8) is 0 Å². The molecule has 0 spiro atoms. The van der Waals surface area contributed by atoms with E-state index in [2.05, 4.69) is 22.3 Å². The summed E-state index contributed by atoms with van der Waals surface area (Å²) in [6, 6.07) is 11.9.